The van der Waals surface area contributed by atoms with E-state index in [0.717, 1.165) is 28.2 Å². The second-order valence-electron chi connectivity index (χ2n) is 5.34. The Hall–Kier alpha value is -2.28. The third-order valence-corrected chi connectivity index (χ3v) is 4.86. The van der Waals surface area contributed by atoms with E-state index in [1.54, 1.807) is 19.1 Å². The zero-order valence-electron chi connectivity index (χ0n) is 12.3. The third-order valence-electron chi connectivity index (χ3n) is 3.61. The van der Waals surface area contributed by atoms with Gasteiger partial charge in [0.1, 0.15) is 0 Å². The zero-order chi connectivity index (χ0) is 15.9. The van der Waals surface area contributed by atoms with E-state index in [1.165, 1.54) is 23.5 Å². The number of non-ortho nitro benzene ring substituents is 1. The molecule has 0 spiro atoms. The topological polar surface area (TPSA) is 77.5 Å². The van der Waals surface area contributed by atoms with E-state index < -0.39 is 4.92 Å². The SMILES string of the molecule is CC(=O)c1s/c(=N\c2ccc([N+](=O)[O-])cc2)n(C2CC2)c1C. The summed E-state index contributed by atoms with van der Waals surface area (Å²) in [5.74, 6) is 0.0436. The van der Waals surface area contributed by atoms with Crippen LogP contribution in [0.25, 0.3) is 0 Å². The van der Waals surface area contributed by atoms with Gasteiger partial charge in [-0.3, -0.25) is 14.9 Å². The van der Waals surface area contributed by atoms with Crippen molar-refractivity contribution >= 4 is 28.5 Å². The number of nitro benzene ring substituents is 1. The predicted molar refractivity (Wildman–Crippen MR) is 83.6 cm³/mol. The molecule has 1 aliphatic rings. The van der Waals surface area contributed by atoms with Gasteiger partial charge < -0.3 is 4.57 Å². The Morgan fingerprint density at radius 2 is 2.00 bits per heavy atom. The maximum Gasteiger partial charge on any atom is 0.269 e. The molecule has 1 saturated carbocycles. The van der Waals surface area contributed by atoms with Crippen LogP contribution in [0, 0.1) is 17.0 Å². The number of nitrogens with zero attached hydrogens (tertiary/aromatic N) is 3. The van der Waals surface area contributed by atoms with E-state index in [-0.39, 0.29) is 11.5 Å². The first-order chi connectivity index (χ1) is 10.5. The first-order valence-electron chi connectivity index (χ1n) is 6.99. The lowest BCUT2D eigenvalue weighted by atomic mass is 10.3. The first-order valence-corrected chi connectivity index (χ1v) is 7.81. The molecular weight excluding hydrogens is 302 g/mol. The lowest BCUT2D eigenvalue weighted by Gasteiger charge is -2.03. The molecule has 114 valence electrons. The summed E-state index contributed by atoms with van der Waals surface area (Å²) >= 11 is 1.38. The Labute approximate surface area is 130 Å². The molecule has 1 fully saturated rings. The lowest BCUT2D eigenvalue weighted by molar-refractivity contribution is -0.384. The number of rotatable bonds is 4. The molecule has 0 atom stereocenters. The van der Waals surface area contributed by atoms with Gasteiger partial charge in [0.2, 0.25) is 0 Å². The van der Waals surface area contributed by atoms with E-state index in [0.29, 0.717) is 11.7 Å². The summed E-state index contributed by atoms with van der Waals surface area (Å²) in [6, 6.07) is 6.54. The van der Waals surface area contributed by atoms with Gasteiger partial charge in [-0.15, -0.1) is 0 Å². The highest BCUT2D eigenvalue weighted by molar-refractivity contribution is 7.11. The van der Waals surface area contributed by atoms with Crippen molar-refractivity contribution < 1.29 is 9.72 Å². The smallest absolute Gasteiger partial charge is 0.269 e. The molecule has 0 aliphatic heterocycles. The van der Waals surface area contributed by atoms with Gasteiger partial charge in [0, 0.05) is 30.8 Å². The van der Waals surface area contributed by atoms with Crippen molar-refractivity contribution in [2.45, 2.75) is 32.7 Å². The monoisotopic (exact) mass is 317 g/mol. The fraction of sp³-hybridized carbons (Fsp3) is 0.333. The Morgan fingerprint density at radius 3 is 2.50 bits per heavy atom. The summed E-state index contributed by atoms with van der Waals surface area (Å²) in [6.45, 7) is 3.51. The Balaban J connectivity index is 2.08. The van der Waals surface area contributed by atoms with Gasteiger partial charge in [0.05, 0.1) is 15.5 Å². The summed E-state index contributed by atoms with van der Waals surface area (Å²) in [6.07, 6.45) is 2.20. The zero-order valence-corrected chi connectivity index (χ0v) is 13.1. The summed E-state index contributed by atoms with van der Waals surface area (Å²) in [5, 5.41) is 10.7. The number of aromatic nitrogens is 1. The molecular formula is C15H15N3O3S. The van der Waals surface area contributed by atoms with Gasteiger partial charge in [-0.2, -0.15) is 0 Å². The van der Waals surface area contributed by atoms with Crippen LogP contribution in [0.2, 0.25) is 0 Å². The van der Waals surface area contributed by atoms with Crippen LogP contribution in [-0.2, 0) is 0 Å². The highest BCUT2D eigenvalue weighted by Gasteiger charge is 2.28. The Bertz CT molecular complexity index is 814. The number of nitro groups is 1. The number of Topliss-reactive ketones (excluding diaryl/α,β-unsaturated/α-hetero) is 1. The van der Waals surface area contributed by atoms with Crippen molar-refractivity contribution in [2.75, 3.05) is 0 Å². The van der Waals surface area contributed by atoms with Gasteiger partial charge in [-0.05, 0) is 31.9 Å². The normalized spacial score (nSPS) is 15.1. The Kier molecular flexibility index (Phi) is 3.66. The molecule has 1 aromatic carbocycles. The molecule has 1 aliphatic carbocycles. The first kappa shape index (κ1) is 14.6. The van der Waals surface area contributed by atoms with Crippen molar-refractivity contribution in [3.63, 3.8) is 0 Å². The van der Waals surface area contributed by atoms with Gasteiger partial charge in [-0.1, -0.05) is 11.3 Å². The standard InChI is InChI=1S/C15H15N3O3S/c1-9-14(10(2)19)22-15(17(9)12-7-8-12)16-11-3-5-13(6-4-11)18(20)21/h3-6,12H,7-8H2,1-2H3/b16-15-. The summed E-state index contributed by atoms with van der Waals surface area (Å²) in [4.78, 5) is 28.1. The van der Waals surface area contributed by atoms with E-state index in [9.17, 15) is 14.9 Å². The highest BCUT2D eigenvalue weighted by Crippen LogP contribution is 2.36. The van der Waals surface area contributed by atoms with Crippen LogP contribution in [0.1, 0.15) is 41.2 Å². The molecule has 0 amide bonds. The molecule has 1 aromatic heterocycles. The van der Waals surface area contributed by atoms with Crippen molar-refractivity contribution in [2.24, 2.45) is 4.99 Å². The van der Waals surface area contributed by atoms with Crippen LogP contribution in [-0.4, -0.2) is 15.3 Å². The van der Waals surface area contributed by atoms with Crippen molar-refractivity contribution in [3.8, 4) is 0 Å². The molecule has 0 N–H and O–H groups in total. The number of hydrogen-bond donors (Lipinski definition) is 0. The average Bonchev–Trinajstić information content (AvgIpc) is 3.24. The second kappa shape index (κ2) is 5.49. The van der Waals surface area contributed by atoms with Gasteiger partial charge in [-0.25, -0.2) is 4.99 Å². The van der Waals surface area contributed by atoms with E-state index in [2.05, 4.69) is 9.56 Å². The van der Waals surface area contributed by atoms with Crippen LogP contribution in [0.3, 0.4) is 0 Å². The number of carbonyl (C=O) groups excluding carboxylic acids is 1. The van der Waals surface area contributed by atoms with E-state index >= 15 is 0 Å². The van der Waals surface area contributed by atoms with Crippen LogP contribution >= 0.6 is 11.3 Å². The molecule has 0 unspecified atom stereocenters. The van der Waals surface area contributed by atoms with E-state index in [1.807, 2.05) is 6.92 Å². The summed E-state index contributed by atoms with van der Waals surface area (Å²) in [7, 11) is 0. The lowest BCUT2D eigenvalue weighted by Crippen LogP contribution is -2.14. The van der Waals surface area contributed by atoms with Gasteiger partial charge in [0.15, 0.2) is 10.6 Å². The fourth-order valence-corrected chi connectivity index (χ4v) is 3.50. The molecule has 22 heavy (non-hydrogen) atoms. The molecule has 0 saturated heterocycles. The second-order valence-corrected chi connectivity index (χ2v) is 6.32. The highest BCUT2D eigenvalue weighted by atomic mass is 32.1. The van der Waals surface area contributed by atoms with Crippen LogP contribution in [0.15, 0.2) is 29.3 Å². The quantitative estimate of drug-likeness (QED) is 0.491. The van der Waals surface area contributed by atoms with E-state index in [4.69, 9.17) is 0 Å². The molecule has 7 heteroatoms. The molecule has 0 bridgehead atoms. The maximum atomic E-state index is 11.7. The predicted octanol–water partition coefficient (Wildman–Crippen LogP) is 3.54. The van der Waals surface area contributed by atoms with Crippen molar-refractivity contribution in [1.82, 2.24) is 4.57 Å². The molecule has 1 heterocycles. The van der Waals surface area contributed by atoms with Crippen molar-refractivity contribution in [1.29, 1.82) is 0 Å². The summed E-state index contributed by atoms with van der Waals surface area (Å²) < 4.78 is 2.11. The number of thiazole rings is 1. The maximum absolute atomic E-state index is 11.7. The molecule has 3 rings (SSSR count). The number of carbonyl (C=O) groups is 1. The minimum absolute atomic E-state index is 0.0424. The minimum atomic E-state index is -0.433. The van der Waals surface area contributed by atoms with Crippen molar-refractivity contribution in [3.05, 3.63) is 49.8 Å². The molecule has 2 aromatic rings. The number of ketones is 1. The van der Waals surface area contributed by atoms with Crippen LogP contribution in [0.5, 0.6) is 0 Å². The van der Waals surface area contributed by atoms with Gasteiger partial charge in [0.25, 0.3) is 5.69 Å². The van der Waals surface area contributed by atoms with Gasteiger partial charge >= 0.3 is 0 Å². The molecule has 6 nitrogen and oxygen atoms in total. The largest absolute Gasteiger partial charge is 0.317 e. The average molecular weight is 317 g/mol. The minimum Gasteiger partial charge on any atom is -0.317 e. The van der Waals surface area contributed by atoms with Crippen LogP contribution in [0.4, 0.5) is 11.4 Å². The number of hydrogen-bond acceptors (Lipinski definition) is 5. The fourth-order valence-electron chi connectivity index (χ4n) is 2.39. The van der Waals surface area contributed by atoms with Crippen LogP contribution < -0.4 is 4.80 Å². The molecule has 0 radical (unpaired) electrons. The Morgan fingerprint density at radius 1 is 1.36 bits per heavy atom. The number of benzene rings is 1. The third kappa shape index (κ3) is 2.71. The summed E-state index contributed by atoms with van der Waals surface area (Å²) in [5.41, 5.74) is 1.65.